The van der Waals surface area contributed by atoms with E-state index in [1.807, 2.05) is 0 Å². The normalized spacial score (nSPS) is 7.67. The molecular formula is C6H14N2O4. The first-order valence-corrected chi connectivity index (χ1v) is 3.22. The van der Waals surface area contributed by atoms with E-state index in [4.69, 9.17) is 0 Å². The van der Waals surface area contributed by atoms with Crippen molar-refractivity contribution in [2.24, 2.45) is 0 Å². The minimum absolute atomic E-state index is 0.322. The van der Waals surface area contributed by atoms with Gasteiger partial charge in [0, 0.05) is 27.9 Å². The SMILES string of the molecule is CNOC(C)=O.CNOC(C)=O. The first-order chi connectivity index (χ1) is 5.54. The summed E-state index contributed by atoms with van der Waals surface area (Å²) in [5, 5.41) is 0. The quantitative estimate of drug-likeness (QED) is 0.548. The molecule has 0 heterocycles. The molecule has 0 amide bonds. The Bertz CT molecular complexity index is 122. The van der Waals surface area contributed by atoms with Crippen LogP contribution in [0.25, 0.3) is 0 Å². The van der Waals surface area contributed by atoms with E-state index in [0.717, 1.165) is 0 Å². The van der Waals surface area contributed by atoms with Gasteiger partial charge in [-0.1, -0.05) is 0 Å². The number of hydrogen-bond acceptors (Lipinski definition) is 6. The predicted molar refractivity (Wildman–Crippen MR) is 41.7 cm³/mol. The lowest BCUT2D eigenvalue weighted by atomic mass is 10.8. The molecular weight excluding hydrogens is 164 g/mol. The molecule has 0 aromatic carbocycles. The molecule has 0 saturated heterocycles. The van der Waals surface area contributed by atoms with Crippen LogP contribution in [0.2, 0.25) is 0 Å². The van der Waals surface area contributed by atoms with Gasteiger partial charge in [0.15, 0.2) is 0 Å². The van der Waals surface area contributed by atoms with Gasteiger partial charge in [0.05, 0.1) is 0 Å². The molecule has 0 aliphatic rings. The van der Waals surface area contributed by atoms with E-state index in [2.05, 4.69) is 20.6 Å². The van der Waals surface area contributed by atoms with Crippen LogP contribution in [-0.4, -0.2) is 26.0 Å². The average Bonchev–Trinajstić information content (AvgIpc) is 1.87. The molecule has 0 fully saturated rings. The van der Waals surface area contributed by atoms with Gasteiger partial charge in [-0.2, -0.15) is 11.0 Å². The van der Waals surface area contributed by atoms with Crippen LogP contribution < -0.4 is 11.0 Å². The molecule has 6 nitrogen and oxygen atoms in total. The van der Waals surface area contributed by atoms with E-state index >= 15 is 0 Å². The van der Waals surface area contributed by atoms with Crippen molar-refractivity contribution in [3.05, 3.63) is 0 Å². The third-order valence-corrected chi connectivity index (χ3v) is 0.492. The Kier molecular flexibility index (Phi) is 11.1. The van der Waals surface area contributed by atoms with Crippen molar-refractivity contribution in [1.29, 1.82) is 0 Å². The summed E-state index contributed by atoms with van der Waals surface area (Å²) in [7, 11) is 3.06. The Morgan fingerprint density at radius 3 is 1.17 bits per heavy atom. The highest BCUT2D eigenvalue weighted by atomic mass is 16.7. The van der Waals surface area contributed by atoms with Crippen molar-refractivity contribution >= 4 is 11.9 Å². The van der Waals surface area contributed by atoms with Crippen molar-refractivity contribution in [3.8, 4) is 0 Å². The molecule has 0 saturated carbocycles. The summed E-state index contributed by atoms with van der Waals surface area (Å²) >= 11 is 0. The highest BCUT2D eigenvalue weighted by Gasteiger charge is 1.82. The van der Waals surface area contributed by atoms with Crippen LogP contribution in [0.15, 0.2) is 0 Å². The Labute approximate surface area is 71.1 Å². The fourth-order valence-electron chi connectivity index (χ4n) is 0.287. The Morgan fingerprint density at radius 1 is 0.917 bits per heavy atom. The standard InChI is InChI=1S/2C3H7NO2/c2*1-3(5)6-4-2/h2*4H,1-2H3. The molecule has 12 heavy (non-hydrogen) atoms. The van der Waals surface area contributed by atoms with E-state index in [1.54, 1.807) is 0 Å². The number of carbonyl (C=O) groups excluding carboxylic acids is 2. The molecule has 6 heteroatoms. The minimum Gasteiger partial charge on any atom is -0.371 e. The van der Waals surface area contributed by atoms with Gasteiger partial charge in [0.25, 0.3) is 0 Å². The molecule has 0 unspecified atom stereocenters. The van der Waals surface area contributed by atoms with Gasteiger partial charge in [-0.15, -0.1) is 0 Å². The highest BCUT2D eigenvalue weighted by molar-refractivity contribution is 5.65. The Hall–Kier alpha value is -1.14. The number of hydrogen-bond donors (Lipinski definition) is 2. The maximum atomic E-state index is 9.76. The second kappa shape index (κ2) is 9.86. The number of nitrogens with one attached hydrogen (secondary N) is 2. The summed E-state index contributed by atoms with van der Waals surface area (Å²) in [6, 6.07) is 0. The molecule has 0 atom stereocenters. The zero-order valence-corrected chi connectivity index (χ0v) is 7.63. The summed E-state index contributed by atoms with van der Waals surface area (Å²) in [4.78, 5) is 27.8. The molecule has 0 radical (unpaired) electrons. The summed E-state index contributed by atoms with van der Waals surface area (Å²) in [6.07, 6.45) is 0. The van der Waals surface area contributed by atoms with Crippen LogP contribution in [0.3, 0.4) is 0 Å². The van der Waals surface area contributed by atoms with Crippen molar-refractivity contribution < 1.29 is 19.3 Å². The summed E-state index contributed by atoms with van der Waals surface area (Å²) in [5.74, 6) is -0.644. The minimum atomic E-state index is -0.322. The lowest BCUT2D eigenvalue weighted by Crippen LogP contribution is -2.10. The highest BCUT2D eigenvalue weighted by Crippen LogP contribution is 1.61. The smallest absolute Gasteiger partial charge is 0.321 e. The molecule has 0 aliphatic heterocycles. The monoisotopic (exact) mass is 178 g/mol. The van der Waals surface area contributed by atoms with E-state index in [0.29, 0.717) is 0 Å². The van der Waals surface area contributed by atoms with Crippen molar-refractivity contribution in [3.63, 3.8) is 0 Å². The fraction of sp³-hybridized carbons (Fsp3) is 0.667. The molecule has 0 rings (SSSR count). The first-order valence-electron chi connectivity index (χ1n) is 3.22. The van der Waals surface area contributed by atoms with Crippen LogP contribution in [0.5, 0.6) is 0 Å². The summed E-state index contributed by atoms with van der Waals surface area (Å²) in [5.41, 5.74) is 4.44. The van der Waals surface area contributed by atoms with Gasteiger partial charge in [-0.3, -0.25) is 9.59 Å². The topological polar surface area (TPSA) is 76.7 Å². The average molecular weight is 178 g/mol. The van der Waals surface area contributed by atoms with Crippen LogP contribution in [-0.2, 0) is 19.3 Å². The maximum absolute atomic E-state index is 9.76. The van der Waals surface area contributed by atoms with Gasteiger partial charge in [0.1, 0.15) is 0 Å². The fourth-order valence-corrected chi connectivity index (χ4v) is 0.287. The van der Waals surface area contributed by atoms with E-state index in [1.165, 1.54) is 27.9 Å². The van der Waals surface area contributed by atoms with E-state index in [-0.39, 0.29) is 11.9 Å². The third kappa shape index (κ3) is 23.2. The van der Waals surface area contributed by atoms with E-state index in [9.17, 15) is 9.59 Å². The summed E-state index contributed by atoms with van der Waals surface area (Å²) in [6.45, 7) is 2.66. The van der Waals surface area contributed by atoms with E-state index < -0.39 is 0 Å². The van der Waals surface area contributed by atoms with Crippen LogP contribution in [0, 0.1) is 0 Å². The number of hydroxylamine groups is 2. The largest absolute Gasteiger partial charge is 0.371 e. The van der Waals surface area contributed by atoms with Gasteiger partial charge in [-0.25, -0.2) is 0 Å². The molecule has 0 spiro atoms. The van der Waals surface area contributed by atoms with Gasteiger partial charge in [-0.05, 0) is 0 Å². The Morgan fingerprint density at radius 2 is 1.17 bits per heavy atom. The zero-order chi connectivity index (χ0) is 9.98. The number of rotatable bonds is 2. The van der Waals surface area contributed by atoms with Crippen molar-refractivity contribution in [1.82, 2.24) is 11.0 Å². The van der Waals surface area contributed by atoms with Crippen molar-refractivity contribution in [2.75, 3.05) is 14.1 Å². The third-order valence-electron chi connectivity index (χ3n) is 0.492. The lowest BCUT2D eigenvalue weighted by molar-refractivity contribution is -0.148. The second-order valence-electron chi connectivity index (χ2n) is 1.60. The lowest BCUT2D eigenvalue weighted by Gasteiger charge is -1.90. The van der Waals surface area contributed by atoms with Crippen LogP contribution >= 0.6 is 0 Å². The van der Waals surface area contributed by atoms with Gasteiger partial charge < -0.3 is 9.68 Å². The molecule has 0 bridgehead atoms. The number of carbonyl (C=O) groups is 2. The maximum Gasteiger partial charge on any atom is 0.321 e. The molecule has 0 aliphatic carbocycles. The van der Waals surface area contributed by atoms with Crippen molar-refractivity contribution in [2.45, 2.75) is 13.8 Å². The first kappa shape index (κ1) is 13.4. The van der Waals surface area contributed by atoms with Crippen LogP contribution in [0.4, 0.5) is 0 Å². The predicted octanol–water partition coefficient (Wildman–Crippen LogP) is -0.632. The van der Waals surface area contributed by atoms with Gasteiger partial charge >= 0.3 is 11.9 Å². The molecule has 72 valence electrons. The summed E-state index contributed by atoms with van der Waals surface area (Å²) < 4.78 is 0. The second-order valence-corrected chi connectivity index (χ2v) is 1.60. The van der Waals surface area contributed by atoms with Crippen LogP contribution in [0.1, 0.15) is 13.8 Å². The molecule has 0 aromatic heterocycles. The molecule has 2 N–H and O–H groups in total. The molecule has 0 aromatic rings. The zero-order valence-electron chi connectivity index (χ0n) is 7.63. The van der Waals surface area contributed by atoms with Gasteiger partial charge in [0.2, 0.25) is 0 Å². The Balaban J connectivity index is 0.